The summed E-state index contributed by atoms with van der Waals surface area (Å²) < 4.78 is 33.6. The van der Waals surface area contributed by atoms with Crippen LogP contribution in [0, 0.1) is 6.92 Å². The van der Waals surface area contributed by atoms with Crippen molar-refractivity contribution in [2.45, 2.75) is 68.5 Å². The van der Waals surface area contributed by atoms with E-state index in [1.807, 2.05) is 11.8 Å². The summed E-state index contributed by atoms with van der Waals surface area (Å²) >= 11 is 0. The number of amides is 1. The highest BCUT2D eigenvalue weighted by molar-refractivity contribution is 7.89. The van der Waals surface area contributed by atoms with Crippen LogP contribution in [0.1, 0.15) is 44.1 Å². The van der Waals surface area contributed by atoms with E-state index >= 15 is 0 Å². The number of nitrogens with zero attached hydrogens (tertiary/aromatic N) is 2. The molecular weight excluding hydrogens is 364 g/mol. The van der Waals surface area contributed by atoms with E-state index < -0.39 is 16.1 Å². The first-order valence-electron chi connectivity index (χ1n) is 9.99. The van der Waals surface area contributed by atoms with E-state index in [2.05, 4.69) is 0 Å². The molecule has 2 aliphatic heterocycles. The summed E-state index contributed by atoms with van der Waals surface area (Å²) in [5, 5.41) is 0. The Morgan fingerprint density at radius 1 is 1.04 bits per heavy atom. The Bertz CT molecular complexity index is 791. The van der Waals surface area contributed by atoms with E-state index in [1.54, 1.807) is 24.3 Å². The van der Waals surface area contributed by atoms with Gasteiger partial charge in [-0.25, -0.2) is 8.42 Å². The van der Waals surface area contributed by atoms with Crippen LogP contribution in [-0.2, 0) is 19.6 Å². The molecule has 27 heavy (non-hydrogen) atoms. The topological polar surface area (TPSA) is 66.9 Å². The molecule has 148 valence electrons. The monoisotopic (exact) mass is 392 g/mol. The molecule has 3 aliphatic rings. The van der Waals surface area contributed by atoms with Crippen molar-refractivity contribution < 1.29 is 17.9 Å². The molecule has 0 spiro atoms. The maximum Gasteiger partial charge on any atom is 0.243 e. The van der Waals surface area contributed by atoms with Gasteiger partial charge in [0, 0.05) is 13.1 Å². The lowest BCUT2D eigenvalue weighted by Gasteiger charge is -2.45. The largest absolute Gasteiger partial charge is 0.374 e. The maximum absolute atomic E-state index is 13.4. The smallest absolute Gasteiger partial charge is 0.243 e. The summed E-state index contributed by atoms with van der Waals surface area (Å²) in [6.45, 7) is 3.45. The highest BCUT2D eigenvalue weighted by Gasteiger charge is 2.45. The SMILES string of the molecule is Cc1ccc(S(=O)(=O)N2CCC[C@H]2C(=O)N2CCO[C@H]3CCCC[C@@H]32)cc1. The quantitative estimate of drug-likeness (QED) is 0.792. The Labute approximate surface area is 161 Å². The van der Waals surface area contributed by atoms with Gasteiger partial charge in [0.05, 0.1) is 23.6 Å². The minimum Gasteiger partial charge on any atom is -0.374 e. The Hall–Kier alpha value is -1.44. The third-order valence-corrected chi connectivity index (χ3v) is 8.05. The van der Waals surface area contributed by atoms with Gasteiger partial charge in [-0.2, -0.15) is 4.31 Å². The Kier molecular flexibility index (Phi) is 5.27. The van der Waals surface area contributed by atoms with Gasteiger partial charge >= 0.3 is 0 Å². The minimum absolute atomic E-state index is 0.0385. The highest BCUT2D eigenvalue weighted by Crippen LogP contribution is 2.32. The molecule has 1 saturated carbocycles. The number of morpholine rings is 1. The van der Waals surface area contributed by atoms with Crippen LogP contribution in [0.5, 0.6) is 0 Å². The molecule has 2 heterocycles. The number of carbonyl (C=O) groups excluding carboxylic acids is 1. The van der Waals surface area contributed by atoms with Gasteiger partial charge in [0.2, 0.25) is 15.9 Å². The Morgan fingerprint density at radius 3 is 2.56 bits per heavy atom. The van der Waals surface area contributed by atoms with Gasteiger partial charge in [-0.1, -0.05) is 30.5 Å². The van der Waals surface area contributed by atoms with E-state index in [1.165, 1.54) is 4.31 Å². The lowest BCUT2D eigenvalue weighted by Crippen LogP contribution is -2.59. The van der Waals surface area contributed by atoms with Gasteiger partial charge in [-0.3, -0.25) is 4.79 Å². The molecule has 0 unspecified atom stereocenters. The van der Waals surface area contributed by atoms with Crippen molar-refractivity contribution in [3.8, 4) is 0 Å². The van der Waals surface area contributed by atoms with Crippen LogP contribution in [0.4, 0.5) is 0 Å². The molecule has 0 aromatic heterocycles. The summed E-state index contributed by atoms with van der Waals surface area (Å²) in [7, 11) is -3.66. The molecule has 1 aromatic carbocycles. The number of aryl methyl sites for hydroxylation is 1. The molecule has 1 amide bonds. The molecule has 1 aliphatic carbocycles. The number of hydrogen-bond acceptors (Lipinski definition) is 4. The molecule has 3 atom stereocenters. The van der Waals surface area contributed by atoms with E-state index in [0.29, 0.717) is 26.1 Å². The van der Waals surface area contributed by atoms with Gasteiger partial charge in [-0.15, -0.1) is 0 Å². The number of hydrogen-bond donors (Lipinski definition) is 0. The van der Waals surface area contributed by atoms with Crippen molar-refractivity contribution in [3.05, 3.63) is 29.8 Å². The van der Waals surface area contributed by atoms with Gasteiger partial charge in [0.1, 0.15) is 6.04 Å². The summed E-state index contributed by atoms with van der Waals surface area (Å²) in [6, 6.07) is 6.39. The fourth-order valence-corrected chi connectivity index (χ4v) is 6.33. The second kappa shape index (κ2) is 7.53. The van der Waals surface area contributed by atoms with E-state index in [4.69, 9.17) is 4.74 Å². The van der Waals surface area contributed by atoms with Gasteiger partial charge in [-0.05, 0) is 44.7 Å². The average Bonchev–Trinajstić information content (AvgIpc) is 3.18. The van der Waals surface area contributed by atoms with Gasteiger partial charge in [0.15, 0.2) is 0 Å². The van der Waals surface area contributed by atoms with Crippen LogP contribution < -0.4 is 0 Å². The number of carbonyl (C=O) groups is 1. The van der Waals surface area contributed by atoms with Crippen LogP contribution in [0.2, 0.25) is 0 Å². The van der Waals surface area contributed by atoms with Crippen molar-refractivity contribution in [3.63, 3.8) is 0 Å². The summed E-state index contributed by atoms with van der Waals surface area (Å²) in [5.41, 5.74) is 1.01. The zero-order valence-corrected chi connectivity index (χ0v) is 16.7. The number of benzene rings is 1. The summed E-state index contributed by atoms with van der Waals surface area (Å²) in [4.78, 5) is 15.5. The zero-order valence-electron chi connectivity index (χ0n) is 15.8. The van der Waals surface area contributed by atoms with Crippen molar-refractivity contribution >= 4 is 15.9 Å². The van der Waals surface area contributed by atoms with Crippen LogP contribution in [0.3, 0.4) is 0 Å². The molecule has 6 nitrogen and oxygen atoms in total. The number of sulfonamides is 1. The summed E-state index contributed by atoms with van der Waals surface area (Å²) in [6.07, 6.45) is 5.61. The first-order chi connectivity index (χ1) is 13.0. The molecule has 4 rings (SSSR count). The van der Waals surface area contributed by atoms with Gasteiger partial charge in [0.25, 0.3) is 0 Å². The third kappa shape index (κ3) is 3.52. The fraction of sp³-hybridized carbons (Fsp3) is 0.650. The highest BCUT2D eigenvalue weighted by atomic mass is 32.2. The van der Waals surface area contributed by atoms with Crippen molar-refractivity contribution in [1.82, 2.24) is 9.21 Å². The van der Waals surface area contributed by atoms with E-state index in [0.717, 1.165) is 37.7 Å². The van der Waals surface area contributed by atoms with Crippen LogP contribution in [0.15, 0.2) is 29.2 Å². The lowest BCUT2D eigenvalue weighted by molar-refractivity contribution is -0.152. The minimum atomic E-state index is -3.66. The zero-order chi connectivity index (χ0) is 19.0. The van der Waals surface area contributed by atoms with Crippen LogP contribution >= 0.6 is 0 Å². The Balaban J connectivity index is 1.57. The normalized spacial score (nSPS) is 29.5. The standard InChI is InChI=1S/C20H28N2O4S/c1-15-8-10-16(11-9-15)27(24,25)22-12-4-6-18(22)20(23)21-13-14-26-19-7-3-2-5-17(19)21/h8-11,17-19H,2-7,12-14H2,1H3/t17-,18-,19-/m0/s1. The van der Waals surface area contributed by atoms with Gasteiger partial charge < -0.3 is 9.64 Å². The van der Waals surface area contributed by atoms with Crippen molar-refractivity contribution in [2.75, 3.05) is 19.7 Å². The molecule has 2 saturated heterocycles. The first-order valence-corrected chi connectivity index (χ1v) is 11.4. The lowest BCUT2D eigenvalue weighted by atomic mass is 9.89. The van der Waals surface area contributed by atoms with Crippen molar-refractivity contribution in [2.24, 2.45) is 0 Å². The average molecular weight is 393 g/mol. The molecular formula is C20H28N2O4S. The van der Waals surface area contributed by atoms with Crippen molar-refractivity contribution in [1.29, 1.82) is 0 Å². The molecule has 3 fully saturated rings. The fourth-order valence-electron chi connectivity index (χ4n) is 4.68. The molecule has 0 radical (unpaired) electrons. The number of ether oxygens (including phenoxy) is 1. The molecule has 7 heteroatoms. The van der Waals surface area contributed by atoms with Crippen LogP contribution in [-0.4, -0.2) is 61.4 Å². The Morgan fingerprint density at radius 2 is 1.78 bits per heavy atom. The first kappa shape index (κ1) is 18.9. The third-order valence-electron chi connectivity index (χ3n) is 6.13. The van der Waals surface area contributed by atoms with E-state index in [-0.39, 0.29) is 22.9 Å². The summed E-state index contributed by atoms with van der Waals surface area (Å²) in [5.74, 6) is -0.0385. The molecule has 1 aromatic rings. The molecule has 0 N–H and O–H groups in total. The molecule has 0 bridgehead atoms. The second-order valence-corrected chi connectivity index (χ2v) is 9.77. The predicted molar refractivity (Wildman–Crippen MR) is 102 cm³/mol. The van der Waals surface area contributed by atoms with Crippen LogP contribution in [0.25, 0.3) is 0 Å². The predicted octanol–water partition coefficient (Wildman–Crippen LogP) is 2.32. The van der Waals surface area contributed by atoms with E-state index in [9.17, 15) is 13.2 Å². The maximum atomic E-state index is 13.4. The number of fused-ring (bicyclic) bond motifs is 1. The number of rotatable bonds is 3. The second-order valence-electron chi connectivity index (χ2n) is 7.88.